The van der Waals surface area contributed by atoms with Crippen molar-refractivity contribution in [3.8, 4) is 0 Å². The van der Waals surface area contributed by atoms with Crippen LogP contribution in [0.2, 0.25) is 0 Å². The topological polar surface area (TPSA) is 57.6 Å². The van der Waals surface area contributed by atoms with Gasteiger partial charge in [0.2, 0.25) is 10.0 Å². The minimum Gasteiger partial charge on any atom is -0.380 e. The van der Waals surface area contributed by atoms with Gasteiger partial charge < -0.3 is 5.11 Å². The Morgan fingerprint density at radius 1 is 1.14 bits per heavy atom. The molecule has 1 aromatic carbocycles. The van der Waals surface area contributed by atoms with E-state index in [-0.39, 0.29) is 18.8 Å². The molecule has 0 aromatic heterocycles. The monoisotopic (exact) mass is 337 g/mol. The van der Waals surface area contributed by atoms with Gasteiger partial charge in [0.05, 0.1) is 5.75 Å². The summed E-state index contributed by atoms with van der Waals surface area (Å²) in [6, 6.07) is 9.02. The van der Waals surface area contributed by atoms with Crippen LogP contribution in [0, 0.1) is 0 Å². The summed E-state index contributed by atoms with van der Waals surface area (Å²) in [4.78, 5) is 0. The van der Waals surface area contributed by atoms with Crippen LogP contribution < -0.4 is 0 Å². The predicted octanol–water partition coefficient (Wildman–Crippen LogP) is 1.95. The van der Waals surface area contributed by atoms with E-state index in [4.69, 9.17) is 0 Å². The maximum absolute atomic E-state index is 12.7. The number of benzene rings is 1. The molecule has 1 heterocycles. The zero-order valence-electron chi connectivity index (χ0n) is 11.9. The van der Waals surface area contributed by atoms with Crippen molar-refractivity contribution in [2.24, 2.45) is 0 Å². The molecular weight excluding hydrogens is 319 g/mol. The molecule has 0 saturated carbocycles. The Kier molecular flexibility index (Phi) is 4.84. The Labute approximate surface area is 127 Å². The minimum absolute atomic E-state index is 0.151. The van der Waals surface area contributed by atoms with Crippen LogP contribution >= 0.6 is 0 Å². The quantitative estimate of drug-likeness (QED) is 0.914. The highest BCUT2D eigenvalue weighted by Gasteiger charge is 2.55. The largest absolute Gasteiger partial charge is 0.417 e. The van der Waals surface area contributed by atoms with Crippen molar-refractivity contribution < 1.29 is 26.7 Å². The number of halogens is 3. The van der Waals surface area contributed by atoms with Gasteiger partial charge in [-0.05, 0) is 24.8 Å². The van der Waals surface area contributed by atoms with Crippen molar-refractivity contribution >= 4 is 10.0 Å². The van der Waals surface area contributed by atoms with Gasteiger partial charge in [0.15, 0.2) is 5.60 Å². The van der Waals surface area contributed by atoms with E-state index in [1.807, 2.05) is 6.07 Å². The van der Waals surface area contributed by atoms with Crippen molar-refractivity contribution in [1.29, 1.82) is 0 Å². The SMILES string of the molecule is O=S(=O)(CCc1ccccc1)N1CCC(O)(C(F)(F)F)CC1. The lowest BCUT2D eigenvalue weighted by Gasteiger charge is -2.38. The lowest BCUT2D eigenvalue weighted by molar-refractivity contribution is -0.270. The van der Waals surface area contributed by atoms with Crippen molar-refractivity contribution in [2.45, 2.75) is 31.0 Å². The molecule has 124 valence electrons. The number of alkyl halides is 3. The maximum Gasteiger partial charge on any atom is 0.417 e. The Morgan fingerprint density at radius 2 is 1.68 bits per heavy atom. The molecule has 1 aliphatic rings. The van der Waals surface area contributed by atoms with Gasteiger partial charge in [-0.2, -0.15) is 13.2 Å². The van der Waals surface area contributed by atoms with Gasteiger partial charge in [0.1, 0.15) is 0 Å². The molecule has 0 amide bonds. The van der Waals surface area contributed by atoms with Gasteiger partial charge >= 0.3 is 6.18 Å². The zero-order valence-corrected chi connectivity index (χ0v) is 12.7. The summed E-state index contributed by atoms with van der Waals surface area (Å²) in [5.41, 5.74) is -1.92. The van der Waals surface area contributed by atoms with Crippen LogP contribution in [-0.2, 0) is 16.4 Å². The number of nitrogens with zero attached hydrogens (tertiary/aromatic N) is 1. The molecule has 1 fully saturated rings. The normalized spacial score (nSPS) is 20.0. The Hall–Kier alpha value is -1.12. The third-order valence-corrected chi connectivity index (χ3v) is 5.83. The zero-order chi connectivity index (χ0) is 16.4. The number of sulfonamides is 1. The minimum atomic E-state index is -4.73. The molecule has 0 aliphatic carbocycles. The van der Waals surface area contributed by atoms with Gasteiger partial charge in [0, 0.05) is 13.1 Å². The molecule has 0 atom stereocenters. The number of aryl methyl sites for hydroxylation is 1. The van der Waals surface area contributed by atoms with E-state index in [0.717, 1.165) is 9.87 Å². The second-order valence-electron chi connectivity index (χ2n) is 5.48. The molecule has 22 heavy (non-hydrogen) atoms. The van der Waals surface area contributed by atoms with E-state index < -0.39 is 34.6 Å². The molecular formula is C14H18F3NO3S. The number of rotatable bonds is 4. The fraction of sp³-hybridized carbons (Fsp3) is 0.571. The first-order chi connectivity index (χ1) is 10.1. The van der Waals surface area contributed by atoms with Gasteiger partial charge in [-0.25, -0.2) is 12.7 Å². The maximum atomic E-state index is 12.7. The summed E-state index contributed by atoms with van der Waals surface area (Å²) in [6.07, 6.45) is -5.67. The van der Waals surface area contributed by atoms with E-state index in [0.29, 0.717) is 6.42 Å². The Bertz CT molecular complexity index is 594. The van der Waals surface area contributed by atoms with Crippen LogP contribution in [0.15, 0.2) is 30.3 Å². The number of aliphatic hydroxyl groups is 1. The molecule has 0 spiro atoms. The molecule has 8 heteroatoms. The van der Waals surface area contributed by atoms with Crippen LogP contribution in [-0.4, -0.2) is 48.4 Å². The van der Waals surface area contributed by atoms with Crippen LogP contribution in [0.3, 0.4) is 0 Å². The van der Waals surface area contributed by atoms with E-state index in [9.17, 15) is 26.7 Å². The van der Waals surface area contributed by atoms with E-state index >= 15 is 0 Å². The van der Waals surface area contributed by atoms with Gasteiger partial charge in [-0.1, -0.05) is 30.3 Å². The number of hydrogen-bond donors (Lipinski definition) is 1. The Balaban J connectivity index is 1.95. The van der Waals surface area contributed by atoms with Crippen LogP contribution in [0.5, 0.6) is 0 Å². The van der Waals surface area contributed by atoms with Crippen molar-refractivity contribution in [3.05, 3.63) is 35.9 Å². The number of hydrogen-bond acceptors (Lipinski definition) is 3. The van der Waals surface area contributed by atoms with E-state index in [1.54, 1.807) is 24.3 Å². The van der Waals surface area contributed by atoms with Gasteiger partial charge in [-0.3, -0.25) is 0 Å². The molecule has 1 N–H and O–H groups in total. The average molecular weight is 337 g/mol. The second kappa shape index (κ2) is 6.17. The predicted molar refractivity (Wildman–Crippen MR) is 75.7 cm³/mol. The first-order valence-electron chi connectivity index (χ1n) is 6.95. The molecule has 0 bridgehead atoms. The fourth-order valence-corrected chi connectivity index (χ4v) is 3.93. The summed E-state index contributed by atoms with van der Waals surface area (Å²) < 4.78 is 63.5. The second-order valence-corrected chi connectivity index (χ2v) is 7.57. The van der Waals surface area contributed by atoms with Crippen LogP contribution in [0.25, 0.3) is 0 Å². The average Bonchev–Trinajstić information content (AvgIpc) is 2.46. The van der Waals surface area contributed by atoms with E-state index in [2.05, 4.69) is 0 Å². The molecule has 4 nitrogen and oxygen atoms in total. The third kappa shape index (κ3) is 3.80. The summed E-state index contributed by atoms with van der Waals surface area (Å²) >= 11 is 0. The molecule has 0 radical (unpaired) electrons. The molecule has 1 aliphatic heterocycles. The summed E-state index contributed by atoms with van der Waals surface area (Å²) in [6.45, 7) is -0.625. The summed E-state index contributed by atoms with van der Waals surface area (Å²) in [7, 11) is -3.62. The van der Waals surface area contributed by atoms with Crippen LogP contribution in [0.4, 0.5) is 13.2 Å². The molecule has 2 rings (SSSR count). The first-order valence-corrected chi connectivity index (χ1v) is 8.56. The highest BCUT2D eigenvalue weighted by Crippen LogP contribution is 2.38. The first kappa shape index (κ1) is 17.2. The van der Waals surface area contributed by atoms with Gasteiger partial charge in [0.25, 0.3) is 0 Å². The number of piperidine rings is 1. The summed E-state index contributed by atoms with van der Waals surface area (Å²) in [5.74, 6) is -0.151. The van der Waals surface area contributed by atoms with E-state index in [1.165, 1.54) is 0 Å². The molecule has 1 aromatic rings. The highest BCUT2D eigenvalue weighted by atomic mass is 32.2. The smallest absolute Gasteiger partial charge is 0.380 e. The molecule has 1 saturated heterocycles. The Morgan fingerprint density at radius 3 is 2.18 bits per heavy atom. The third-order valence-electron chi connectivity index (χ3n) is 3.96. The van der Waals surface area contributed by atoms with Gasteiger partial charge in [-0.15, -0.1) is 0 Å². The van der Waals surface area contributed by atoms with Crippen molar-refractivity contribution in [3.63, 3.8) is 0 Å². The van der Waals surface area contributed by atoms with Crippen molar-refractivity contribution in [2.75, 3.05) is 18.8 Å². The summed E-state index contributed by atoms with van der Waals surface area (Å²) in [5, 5.41) is 9.55. The lowest BCUT2D eigenvalue weighted by atomic mass is 9.92. The molecule has 0 unspecified atom stereocenters. The lowest BCUT2D eigenvalue weighted by Crippen LogP contribution is -2.54. The fourth-order valence-electron chi connectivity index (χ4n) is 2.44. The standard InChI is InChI=1S/C14H18F3NO3S/c15-14(16,17)13(19)7-9-18(10-8-13)22(20,21)11-6-12-4-2-1-3-5-12/h1-5,19H,6-11H2. The van der Waals surface area contributed by atoms with Crippen LogP contribution in [0.1, 0.15) is 18.4 Å². The highest BCUT2D eigenvalue weighted by molar-refractivity contribution is 7.89. The van der Waals surface area contributed by atoms with Crippen molar-refractivity contribution in [1.82, 2.24) is 4.31 Å².